The van der Waals surface area contributed by atoms with E-state index in [0.717, 1.165) is 39.0 Å². The summed E-state index contributed by atoms with van der Waals surface area (Å²) < 4.78 is 5.32. The maximum absolute atomic E-state index is 12.6. The topological polar surface area (TPSA) is 53.1 Å². The van der Waals surface area contributed by atoms with E-state index in [-0.39, 0.29) is 17.9 Å². The van der Waals surface area contributed by atoms with E-state index in [4.69, 9.17) is 4.74 Å². The average Bonchev–Trinajstić information content (AvgIpc) is 2.68. The molecule has 2 amide bonds. The highest BCUT2D eigenvalue weighted by molar-refractivity contribution is 5.82. The van der Waals surface area contributed by atoms with E-state index in [1.165, 1.54) is 19.3 Å². The van der Waals surface area contributed by atoms with Gasteiger partial charge in [0.2, 0.25) is 11.8 Å². The first-order valence-electron chi connectivity index (χ1n) is 9.56. The molecule has 1 unspecified atom stereocenters. The number of carbonyl (C=O) groups is 2. The van der Waals surface area contributed by atoms with Crippen LogP contribution in [0.15, 0.2) is 0 Å². The Morgan fingerprint density at radius 2 is 1.50 bits per heavy atom. The lowest BCUT2D eigenvalue weighted by molar-refractivity contribution is -0.143. The standard InChI is InChI=1S/C18H31N3O3/c1-15(17(22)21-11-13-24-14-12-21)19-7-9-20(10-8-19)18(23)16-5-3-2-4-6-16/h15-16H,2-14H2,1H3. The molecule has 1 atom stereocenters. The molecule has 0 N–H and O–H groups in total. The first-order valence-corrected chi connectivity index (χ1v) is 9.56. The summed E-state index contributed by atoms with van der Waals surface area (Å²) in [5.41, 5.74) is 0. The molecule has 0 spiro atoms. The van der Waals surface area contributed by atoms with E-state index < -0.39 is 0 Å². The van der Waals surface area contributed by atoms with E-state index in [0.29, 0.717) is 32.2 Å². The lowest BCUT2D eigenvalue weighted by Crippen LogP contribution is -2.57. The molecule has 6 heteroatoms. The zero-order chi connectivity index (χ0) is 16.9. The van der Waals surface area contributed by atoms with E-state index >= 15 is 0 Å². The molecule has 1 saturated carbocycles. The molecular weight excluding hydrogens is 306 g/mol. The minimum absolute atomic E-state index is 0.102. The van der Waals surface area contributed by atoms with Gasteiger partial charge in [-0.15, -0.1) is 0 Å². The molecule has 2 saturated heterocycles. The van der Waals surface area contributed by atoms with Crippen molar-refractivity contribution in [2.24, 2.45) is 5.92 Å². The molecule has 136 valence electrons. The summed E-state index contributed by atoms with van der Waals surface area (Å²) in [6, 6.07) is -0.102. The quantitative estimate of drug-likeness (QED) is 0.770. The van der Waals surface area contributed by atoms with Crippen molar-refractivity contribution in [3.8, 4) is 0 Å². The fraction of sp³-hybridized carbons (Fsp3) is 0.889. The van der Waals surface area contributed by atoms with Crippen molar-refractivity contribution in [3.05, 3.63) is 0 Å². The maximum atomic E-state index is 12.6. The lowest BCUT2D eigenvalue weighted by atomic mass is 9.88. The summed E-state index contributed by atoms with van der Waals surface area (Å²) in [5, 5.41) is 0. The predicted molar refractivity (Wildman–Crippen MR) is 91.6 cm³/mol. The molecular formula is C18H31N3O3. The van der Waals surface area contributed by atoms with Crippen LogP contribution in [0.4, 0.5) is 0 Å². The molecule has 1 aliphatic carbocycles. The first-order chi connectivity index (χ1) is 11.7. The van der Waals surface area contributed by atoms with Crippen LogP contribution in [-0.2, 0) is 14.3 Å². The van der Waals surface area contributed by atoms with Crippen molar-refractivity contribution >= 4 is 11.8 Å². The minimum Gasteiger partial charge on any atom is -0.378 e. The van der Waals surface area contributed by atoms with Crippen molar-refractivity contribution in [2.45, 2.75) is 45.1 Å². The fourth-order valence-corrected chi connectivity index (χ4v) is 4.14. The molecule has 0 aromatic heterocycles. The van der Waals surface area contributed by atoms with Gasteiger partial charge < -0.3 is 14.5 Å². The second-order valence-corrected chi connectivity index (χ2v) is 7.31. The molecule has 3 fully saturated rings. The van der Waals surface area contributed by atoms with Gasteiger partial charge in [0.25, 0.3) is 0 Å². The predicted octanol–water partition coefficient (Wildman–Crippen LogP) is 0.958. The van der Waals surface area contributed by atoms with Crippen LogP contribution in [-0.4, -0.2) is 85.0 Å². The Bertz CT molecular complexity index is 437. The summed E-state index contributed by atoms with van der Waals surface area (Å²) in [6.07, 6.45) is 5.79. The van der Waals surface area contributed by atoms with Crippen LogP contribution in [0, 0.1) is 5.92 Å². The van der Waals surface area contributed by atoms with Gasteiger partial charge in [-0.2, -0.15) is 0 Å². The summed E-state index contributed by atoms with van der Waals surface area (Å²) in [6.45, 7) is 7.80. The highest BCUT2D eigenvalue weighted by atomic mass is 16.5. The van der Waals surface area contributed by atoms with Gasteiger partial charge >= 0.3 is 0 Å². The van der Waals surface area contributed by atoms with Crippen LogP contribution in [0.1, 0.15) is 39.0 Å². The van der Waals surface area contributed by atoms with E-state index in [1.54, 1.807) is 0 Å². The van der Waals surface area contributed by atoms with Crippen LogP contribution in [0.5, 0.6) is 0 Å². The summed E-state index contributed by atoms with van der Waals surface area (Å²) in [4.78, 5) is 31.4. The van der Waals surface area contributed by atoms with Crippen LogP contribution >= 0.6 is 0 Å². The van der Waals surface area contributed by atoms with Gasteiger partial charge in [-0.25, -0.2) is 0 Å². The summed E-state index contributed by atoms with van der Waals surface area (Å²) in [5.74, 6) is 0.796. The van der Waals surface area contributed by atoms with Crippen LogP contribution in [0.3, 0.4) is 0 Å². The third kappa shape index (κ3) is 4.09. The Labute approximate surface area is 145 Å². The molecule has 3 rings (SSSR count). The number of nitrogens with zero attached hydrogens (tertiary/aromatic N) is 3. The van der Waals surface area contributed by atoms with Gasteiger partial charge in [0.05, 0.1) is 19.3 Å². The Morgan fingerprint density at radius 3 is 2.12 bits per heavy atom. The molecule has 0 aromatic rings. The molecule has 0 bridgehead atoms. The minimum atomic E-state index is -0.102. The number of hydrogen-bond donors (Lipinski definition) is 0. The number of ether oxygens (including phenoxy) is 1. The van der Waals surface area contributed by atoms with Gasteiger partial charge in [0, 0.05) is 45.2 Å². The van der Waals surface area contributed by atoms with Crippen molar-refractivity contribution in [1.82, 2.24) is 14.7 Å². The van der Waals surface area contributed by atoms with Gasteiger partial charge in [0.1, 0.15) is 0 Å². The van der Waals surface area contributed by atoms with Crippen molar-refractivity contribution in [1.29, 1.82) is 0 Å². The largest absolute Gasteiger partial charge is 0.378 e. The van der Waals surface area contributed by atoms with E-state index in [2.05, 4.69) is 4.90 Å². The zero-order valence-corrected chi connectivity index (χ0v) is 14.9. The maximum Gasteiger partial charge on any atom is 0.239 e. The highest BCUT2D eigenvalue weighted by Crippen LogP contribution is 2.26. The van der Waals surface area contributed by atoms with Crippen LogP contribution in [0.25, 0.3) is 0 Å². The highest BCUT2D eigenvalue weighted by Gasteiger charge is 2.32. The van der Waals surface area contributed by atoms with Gasteiger partial charge in [-0.3, -0.25) is 14.5 Å². The monoisotopic (exact) mass is 337 g/mol. The molecule has 2 aliphatic heterocycles. The van der Waals surface area contributed by atoms with Crippen molar-refractivity contribution in [3.63, 3.8) is 0 Å². The Morgan fingerprint density at radius 1 is 0.875 bits per heavy atom. The van der Waals surface area contributed by atoms with Crippen molar-refractivity contribution < 1.29 is 14.3 Å². The molecule has 0 radical (unpaired) electrons. The second kappa shape index (κ2) is 8.30. The Balaban J connectivity index is 1.47. The molecule has 24 heavy (non-hydrogen) atoms. The third-order valence-corrected chi connectivity index (χ3v) is 5.81. The van der Waals surface area contributed by atoms with Crippen LogP contribution in [0.2, 0.25) is 0 Å². The normalized spacial score (nSPS) is 25.5. The molecule has 6 nitrogen and oxygen atoms in total. The fourth-order valence-electron chi connectivity index (χ4n) is 4.14. The number of rotatable bonds is 3. The summed E-state index contributed by atoms with van der Waals surface area (Å²) in [7, 11) is 0. The number of carbonyl (C=O) groups excluding carboxylic acids is 2. The van der Waals surface area contributed by atoms with Gasteiger partial charge in [-0.05, 0) is 19.8 Å². The third-order valence-electron chi connectivity index (χ3n) is 5.81. The molecule has 2 heterocycles. The SMILES string of the molecule is CC(C(=O)N1CCOCC1)N1CCN(C(=O)C2CCCCC2)CC1. The number of hydrogen-bond acceptors (Lipinski definition) is 4. The Kier molecular flexibility index (Phi) is 6.11. The van der Waals surface area contributed by atoms with E-state index in [9.17, 15) is 9.59 Å². The zero-order valence-electron chi connectivity index (χ0n) is 14.9. The second-order valence-electron chi connectivity index (χ2n) is 7.31. The molecule has 0 aromatic carbocycles. The molecule has 3 aliphatic rings. The van der Waals surface area contributed by atoms with E-state index in [1.807, 2.05) is 16.7 Å². The van der Waals surface area contributed by atoms with Crippen LogP contribution < -0.4 is 0 Å². The number of morpholine rings is 1. The van der Waals surface area contributed by atoms with Gasteiger partial charge in [0.15, 0.2) is 0 Å². The van der Waals surface area contributed by atoms with Gasteiger partial charge in [-0.1, -0.05) is 19.3 Å². The lowest BCUT2D eigenvalue weighted by Gasteiger charge is -2.40. The smallest absolute Gasteiger partial charge is 0.239 e. The van der Waals surface area contributed by atoms with Crippen molar-refractivity contribution in [2.75, 3.05) is 52.5 Å². The summed E-state index contributed by atoms with van der Waals surface area (Å²) >= 11 is 0. The number of piperazine rings is 1. The average molecular weight is 337 g/mol. The first kappa shape index (κ1) is 17.7. The Hall–Kier alpha value is -1.14. The number of amides is 2.